The summed E-state index contributed by atoms with van der Waals surface area (Å²) < 4.78 is 17.1. The summed E-state index contributed by atoms with van der Waals surface area (Å²) in [5.41, 5.74) is 2.85. The molecule has 0 atom stereocenters. The van der Waals surface area contributed by atoms with Crippen LogP contribution in [-0.2, 0) is 0 Å². The van der Waals surface area contributed by atoms with Gasteiger partial charge in [-0.15, -0.1) is 10.2 Å². The van der Waals surface area contributed by atoms with Crippen LogP contribution in [0.4, 0.5) is 0 Å². The summed E-state index contributed by atoms with van der Waals surface area (Å²) in [4.78, 5) is 8.66. The van der Waals surface area contributed by atoms with Crippen molar-refractivity contribution in [3.05, 3.63) is 54.9 Å². The van der Waals surface area contributed by atoms with Crippen LogP contribution in [0.1, 0.15) is 0 Å². The monoisotopic (exact) mass is 376 g/mol. The number of rotatable bonds is 4. The Hall–Kier alpha value is -3.39. The number of aromatic nitrogens is 4. The highest BCUT2D eigenvalue weighted by atomic mass is 32.2. The number of benzene rings is 2. The summed E-state index contributed by atoms with van der Waals surface area (Å²) in [5, 5.41) is 10.2. The van der Waals surface area contributed by atoms with Crippen LogP contribution in [0.2, 0.25) is 0 Å². The summed E-state index contributed by atoms with van der Waals surface area (Å²) in [5.74, 6) is 1.05. The van der Waals surface area contributed by atoms with E-state index in [2.05, 4.69) is 20.2 Å². The number of para-hydroxylation sites is 2. The van der Waals surface area contributed by atoms with Crippen LogP contribution in [-0.4, -0.2) is 27.3 Å². The van der Waals surface area contributed by atoms with E-state index in [1.807, 2.05) is 48.5 Å². The van der Waals surface area contributed by atoms with E-state index in [0.29, 0.717) is 27.5 Å². The highest BCUT2D eigenvalue weighted by molar-refractivity contribution is 7.99. The second-order valence-corrected chi connectivity index (χ2v) is 6.57. The number of hydrogen-bond donors (Lipinski definition) is 0. The van der Waals surface area contributed by atoms with Gasteiger partial charge in [0.25, 0.3) is 11.1 Å². The first kappa shape index (κ1) is 15.8. The molecule has 0 saturated heterocycles. The Labute approximate surface area is 157 Å². The Balaban J connectivity index is 1.54. The molecule has 2 aromatic carbocycles. The number of hydrogen-bond acceptors (Lipinski definition) is 8. The minimum Gasteiger partial charge on any atom is -0.496 e. The van der Waals surface area contributed by atoms with Crippen LogP contribution in [0.3, 0.4) is 0 Å². The second-order valence-electron chi connectivity index (χ2n) is 5.63. The van der Waals surface area contributed by atoms with Crippen molar-refractivity contribution in [2.45, 2.75) is 10.2 Å². The normalized spacial score (nSPS) is 11.3. The number of methoxy groups -OCH3 is 1. The quantitative estimate of drug-likeness (QED) is 0.421. The first-order chi connectivity index (χ1) is 13.3. The van der Waals surface area contributed by atoms with E-state index < -0.39 is 0 Å². The average molecular weight is 376 g/mol. The van der Waals surface area contributed by atoms with Crippen LogP contribution in [0.25, 0.3) is 33.5 Å². The van der Waals surface area contributed by atoms with Crippen molar-refractivity contribution in [1.82, 2.24) is 20.2 Å². The topological polar surface area (TPSA) is 87.1 Å². The standard InChI is InChI=1S/C19H12N4O3S/c1-24-13-8-4-3-7-12(13)17-22-23-19(26-17)27-18-16-15(20-10-21-18)11-6-2-5-9-14(11)25-16/h2-10H,1H3. The number of ether oxygens (including phenoxy) is 1. The van der Waals surface area contributed by atoms with Crippen molar-refractivity contribution in [3.63, 3.8) is 0 Å². The minimum absolute atomic E-state index is 0.358. The summed E-state index contributed by atoms with van der Waals surface area (Å²) in [7, 11) is 1.60. The Kier molecular flexibility index (Phi) is 3.75. The fraction of sp³-hybridized carbons (Fsp3) is 0.0526. The zero-order valence-corrected chi connectivity index (χ0v) is 14.9. The lowest BCUT2D eigenvalue weighted by atomic mass is 10.2. The largest absolute Gasteiger partial charge is 0.496 e. The highest BCUT2D eigenvalue weighted by Gasteiger charge is 2.18. The van der Waals surface area contributed by atoms with Crippen LogP contribution >= 0.6 is 11.8 Å². The second kappa shape index (κ2) is 6.40. The third-order valence-electron chi connectivity index (χ3n) is 4.05. The average Bonchev–Trinajstić information content (AvgIpc) is 3.33. The zero-order valence-electron chi connectivity index (χ0n) is 14.1. The molecule has 0 radical (unpaired) electrons. The van der Waals surface area contributed by atoms with Gasteiger partial charge < -0.3 is 13.6 Å². The van der Waals surface area contributed by atoms with Gasteiger partial charge in [-0.1, -0.05) is 24.3 Å². The van der Waals surface area contributed by atoms with Gasteiger partial charge in [-0.3, -0.25) is 0 Å². The van der Waals surface area contributed by atoms with E-state index >= 15 is 0 Å². The van der Waals surface area contributed by atoms with Crippen LogP contribution < -0.4 is 4.74 Å². The molecule has 0 saturated carbocycles. The molecule has 0 aliphatic rings. The molecule has 0 unspecified atom stereocenters. The summed E-state index contributed by atoms with van der Waals surface area (Å²) in [6.07, 6.45) is 1.50. The fourth-order valence-corrected chi connectivity index (χ4v) is 3.54. The number of nitrogens with zero attached hydrogens (tertiary/aromatic N) is 4. The van der Waals surface area contributed by atoms with Crippen LogP contribution in [0.15, 0.2) is 73.9 Å². The maximum absolute atomic E-state index is 5.93. The van der Waals surface area contributed by atoms with Gasteiger partial charge in [0.15, 0.2) is 10.6 Å². The van der Waals surface area contributed by atoms with Crippen molar-refractivity contribution in [3.8, 4) is 17.2 Å². The van der Waals surface area contributed by atoms with Gasteiger partial charge in [0.05, 0.1) is 12.7 Å². The molecule has 8 heteroatoms. The van der Waals surface area contributed by atoms with E-state index in [1.54, 1.807) is 7.11 Å². The van der Waals surface area contributed by atoms with E-state index in [0.717, 1.165) is 22.0 Å². The molecule has 132 valence electrons. The first-order valence-electron chi connectivity index (χ1n) is 8.10. The molecule has 0 aliphatic heterocycles. The molecule has 0 amide bonds. The Morgan fingerprint density at radius 2 is 1.78 bits per heavy atom. The maximum Gasteiger partial charge on any atom is 0.283 e. The summed E-state index contributed by atoms with van der Waals surface area (Å²) in [6, 6.07) is 15.2. The van der Waals surface area contributed by atoms with E-state index in [4.69, 9.17) is 13.6 Å². The lowest BCUT2D eigenvalue weighted by molar-refractivity contribution is 0.411. The molecule has 27 heavy (non-hydrogen) atoms. The van der Waals surface area contributed by atoms with Gasteiger partial charge in [-0.05, 0) is 36.0 Å². The molecule has 7 nitrogen and oxygen atoms in total. The fourth-order valence-electron chi connectivity index (χ4n) is 2.84. The molecule has 0 aliphatic carbocycles. The lowest BCUT2D eigenvalue weighted by Gasteiger charge is -2.03. The minimum atomic E-state index is 0.358. The third kappa shape index (κ3) is 2.70. The molecule has 0 bridgehead atoms. The van der Waals surface area contributed by atoms with Crippen molar-refractivity contribution in [1.29, 1.82) is 0 Å². The van der Waals surface area contributed by atoms with Gasteiger partial charge in [-0.2, -0.15) is 0 Å². The molecule has 0 fully saturated rings. The molecular formula is C19H12N4O3S. The van der Waals surface area contributed by atoms with E-state index in [9.17, 15) is 0 Å². The third-order valence-corrected chi connectivity index (χ3v) is 4.88. The molecule has 0 N–H and O–H groups in total. The van der Waals surface area contributed by atoms with E-state index in [-0.39, 0.29) is 0 Å². The summed E-state index contributed by atoms with van der Waals surface area (Å²) >= 11 is 1.24. The molecule has 0 spiro atoms. The van der Waals surface area contributed by atoms with Crippen LogP contribution in [0, 0.1) is 0 Å². The SMILES string of the molecule is COc1ccccc1-c1nnc(Sc2ncnc3c2oc2ccccc23)o1. The number of fused-ring (bicyclic) bond motifs is 3. The van der Waals surface area contributed by atoms with Gasteiger partial charge in [0, 0.05) is 5.39 Å². The molecule has 5 rings (SSSR count). The Morgan fingerprint density at radius 1 is 0.926 bits per heavy atom. The van der Waals surface area contributed by atoms with Gasteiger partial charge >= 0.3 is 0 Å². The Bertz CT molecular complexity index is 1260. The molecular weight excluding hydrogens is 364 g/mol. The van der Waals surface area contributed by atoms with E-state index in [1.165, 1.54) is 18.1 Å². The Morgan fingerprint density at radius 3 is 2.70 bits per heavy atom. The predicted octanol–water partition coefficient (Wildman–Crippen LogP) is 4.59. The maximum atomic E-state index is 5.93. The van der Waals surface area contributed by atoms with Gasteiger partial charge in [-0.25, -0.2) is 9.97 Å². The van der Waals surface area contributed by atoms with Gasteiger partial charge in [0.2, 0.25) is 0 Å². The summed E-state index contributed by atoms with van der Waals surface area (Å²) in [6.45, 7) is 0. The highest BCUT2D eigenvalue weighted by Crippen LogP contribution is 2.37. The molecule has 3 aromatic heterocycles. The lowest BCUT2D eigenvalue weighted by Crippen LogP contribution is -1.87. The van der Waals surface area contributed by atoms with Gasteiger partial charge in [0.1, 0.15) is 23.2 Å². The molecule has 5 aromatic rings. The zero-order chi connectivity index (χ0) is 18.2. The van der Waals surface area contributed by atoms with Crippen molar-refractivity contribution in [2.75, 3.05) is 7.11 Å². The first-order valence-corrected chi connectivity index (χ1v) is 8.92. The van der Waals surface area contributed by atoms with Crippen LogP contribution in [0.5, 0.6) is 5.75 Å². The number of furan rings is 1. The van der Waals surface area contributed by atoms with Crippen molar-refractivity contribution >= 4 is 33.8 Å². The predicted molar refractivity (Wildman–Crippen MR) is 99.7 cm³/mol. The smallest absolute Gasteiger partial charge is 0.283 e. The molecule has 3 heterocycles. The van der Waals surface area contributed by atoms with Crippen molar-refractivity contribution < 1.29 is 13.6 Å². The van der Waals surface area contributed by atoms with Crippen molar-refractivity contribution in [2.24, 2.45) is 0 Å².